The van der Waals surface area contributed by atoms with Crippen molar-refractivity contribution in [3.8, 4) is 22.5 Å². The van der Waals surface area contributed by atoms with Crippen LogP contribution < -0.4 is 11.5 Å². The lowest BCUT2D eigenvalue weighted by Gasteiger charge is -2.25. The molecule has 2 aromatic carbocycles. The maximum absolute atomic E-state index is 12.9. The quantitative estimate of drug-likeness (QED) is 0.360. The fraction of sp³-hybridized carbons (Fsp3) is 0.240. The van der Waals surface area contributed by atoms with Crippen molar-refractivity contribution in [2.75, 3.05) is 5.73 Å². The number of aliphatic imine (C=N–C) groups is 1. The molecule has 0 spiro atoms. The average Bonchev–Trinajstić information content (AvgIpc) is 3.12. The summed E-state index contributed by atoms with van der Waals surface area (Å²) in [5, 5.41) is 0. The van der Waals surface area contributed by atoms with Crippen molar-refractivity contribution in [1.29, 1.82) is 0 Å². The number of nitrogens with two attached hydrogens (primary N) is 2. The van der Waals surface area contributed by atoms with Gasteiger partial charge in [-0.15, -0.1) is 0 Å². The predicted molar refractivity (Wildman–Crippen MR) is 132 cm³/mol. The van der Waals surface area contributed by atoms with Gasteiger partial charge in [0.25, 0.3) is 5.91 Å². The second kappa shape index (κ2) is 8.12. The molecule has 0 unspecified atom stereocenters. The Morgan fingerprint density at radius 3 is 2.36 bits per heavy atom. The highest BCUT2D eigenvalue weighted by Gasteiger charge is 2.25. The summed E-state index contributed by atoms with van der Waals surface area (Å²) in [5.41, 5.74) is 16.7. The zero-order valence-corrected chi connectivity index (χ0v) is 19.4. The first-order valence-corrected chi connectivity index (χ1v) is 10.6. The summed E-state index contributed by atoms with van der Waals surface area (Å²) in [6, 6.07) is 11.7. The van der Waals surface area contributed by atoms with Gasteiger partial charge in [0.15, 0.2) is 0 Å². The molecule has 0 radical (unpaired) electrons. The molecule has 0 saturated heterocycles. The second-order valence-corrected chi connectivity index (χ2v) is 9.08. The Morgan fingerprint density at radius 1 is 1.03 bits per heavy atom. The first kappa shape index (κ1) is 22.1. The van der Waals surface area contributed by atoms with E-state index in [-0.39, 0.29) is 17.3 Å². The Hall–Kier alpha value is -4.07. The Bertz CT molecular complexity index is 1390. The average molecular weight is 442 g/mol. The van der Waals surface area contributed by atoms with E-state index in [2.05, 4.69) is 40.3 Å². The van der Waals surface area contributed by atoms with Crippen LogP contribution in [-0.4, -0.2) is 31.3 Å². The van der Waals surface area contributed by atoms with Crippen molar-refractivity contribution in [1.82, 2.24) is 19.5 Å². The minimum Gasteiger partial charge on any atom is -0.387 e. The SMILES string of the molecule is CC(N)=NC(=O)c1ccc(C)cc1-c1nc2cc(-c3cnc(N)nc3)ccc2n1C(C)(C)C. The Balaban J connectivity index is 1.98. The van der Waals surface area contributed by atoms with Gasteiger partial charge >= 0.3 is 0 Å². The molecule has 1 amide bonds. The lowest BCUT2D eigenvalue weighted by Crippen LogP contribution is -2.23. The molecule has 4 rings (SSSR count). The molecule has 0 aliphatic heterocycles. The Kier molecular flexibility index (Phi) is 5.45. The third-order valence-electron chi connectivity index (χ3n) is 5.25. The molecule has 168 valence electrons. The number of hydrogen-bond donors (Lipinski definition) is 2. The van der Waals surface area contributed by atoms with Gasteiger partial charge in [0.05, 0.1) is 16.6 Å². The normalized spacial score (nSPS) is 12.3. The maximum Gasteiger partial charge on any atom is 0.279 e. The van der Waals surface area contributed by atoms with E-state index >= 15 is 0 Å². The van der Waals surface area contributed by atoms with Crippen LogP contribution in [0.4, 0.5) is 5.95 Å². The van der Waals surface area contributed by atoms with Gasteiger partial charge in [0.2, 0.25) is 5.95 Å². The van der Waals surface area contributed by atoms with E-state index in [0.29, 0.717) is 17.0 Å². The second-order valence-electron chi connectivity index (χ2n) is 9.08. The summed E-state index contributed by atoms with van der Waals surface area (Å²) < 4.78 is 2.15. The smallest absolute Gasteiger partial charge is 0.279 e. The van der Waals surface area contributed by atoms with Crippen molar-refractivity contribution in [3.05, 3.63) is 59.9 Å². The number of benzene rings is 2. The van der Waals surface area contributed by atoms with E-state index in [1.165, 1.54) is 0 Å². The fourth-order valence-corrected chi connectivity index (χ4v) is 3.86. The molecular weight excluding hydrogens is 414 g/mol. The molecule has 0 atom stereocenters. The monoisotopic (exact) mass is 441 g/mol. The molecule has 2 aromatic heterocycles. The maximum atomic E-state index is 12.9. The predicted octanol–water partition coefficient (Wildman–Crippen LogP) is 4.32. The molecule has 0 aliphatic carbocycles. The zero-order chi connectivity index (χ0) is 23.9. The summed E-state index contributed by atoms with van der Waals surface area (Å²) >= 11 is 0. The number of carbonyl (C=O) groups excluding carboxylic acids is 1. The van der Waals surface area contributed by atoms with Crippen molar-refractivity contribution in [2.45, 2.75) is 40.2 Å². The standard InChI is InChI=1S/C25H27N7O/c1-14-6-8-18(23(33)30-15(2)26)19(10-14)22-31-20-11-16(17-12-28-24(27)29-13-17)7-9-21(20)32(22)25(3,4)5/h6-13H,1-5H3,(H2,26,30,33)(H2,27,28,29). The van der Waals surface area contributed by atoms with E-state index < -0.39 is 5.91 Å². The number of rotatable bonds is 3. The van der Waals surface area contributed by atoms with Crippen LogP contribution in [0.25, 0.3) is 33.5 Å². The van der Waals surface area contributed by atoms with Gasteiger partial charge in [0.1, 0.15) is 11.7 Å². The van der Waals surface area contributed by atoms with E-state index in [4.69, 9.17) is 16.5 Å². The van der Waals surface area contributed by atoms with Gasteiger partial charge in [-0.2, -0.15) is 4.99 Å². The van der Waals surface area contributed by atoms with Crippen molar-refractivity contribution in [3.63, 3.8) is 0 Å². The molecular formula is C25H27N7O. The summed E-state index contributed by atoms with van der Waals surface area (Å²) in [6.45, 7) is 9.91. The zero-order valence-electron chi connectivity index (χ0n) is 19.4. The Labute approximate surface area is 192 Å². The lowest BCUT2D eigenvalue weighted by molar-refractivity contribution is 0.100. The number of imidazole rings is 1. The van der Waals surface area contributed by atoms with Crippen molar-refractivity contribution in [2.24, 2.45) is 10.7 Å². The van der Waals surface area contributed by atoms with Gasteiger partial charge in [-0.25, -0.2) is 15.0 Å². The first-order valence-electron chi connectivity index (χ1n) is 10.6. The number of nitrogens with zero attached hydrogens (tertiary/aromatic N) is 5. The molecule has 0 aliphatic rings. The van der Waals surface area contributed by atoms with Gasteiger partial charge < -0.3 is 16.0 Å². The summed E-state index contributed by atoms with van der Waals surface area (Å²) in [6.07, 6.45) is 3.38. The number of amidine groups is 1. The van der Waals surface area contributed by atoms with Crippen LogP contribution in [0.1, 0.15) is 43.6 Å². The topological polar surface area (TPSA) is 125 Å². The third kappa shape index (κ3) is 4.32. The van der Waals surface area contributed by atoms with Gasteiger partial charge in [0, 0.05) is 29.1 Å². The summed E-state index contributed by atoms with van der Waals surface area (Å²) in [4.78, 5) is 30.0. The van der Waals surface area contributed by atoms with E-state index in [0.717, 1.165) is 27.7 Å². The number of carbonyl (C=O) groups is 1. The van der Waals surface area contributed by atoms with Crippen LogP contribution in [-0.2, 0) is 5.54 Å². The van der Waals surface area contributed by atoms with Crippen LogP contribution in [0.15, 0.2) is 53.8 Å². The number of anilines is 1. The Morgan fingerprint density at radius 2 is 1.73 bits per heavy atom. The van der Waals surface area contributed by atoms with Crippen LogP contribution in [0, 0.1) is 6.92 Å². The molecule has 0 bridgehead atoms. The first-order chi connectivity index (χ1) is 15.5. The molecule has 8 nitrogen and oxygen atoms in total. The highest BCUT2D eigenvalue weighted by Crippen LogP contribution is 2.35. The molecule has 0 fully saturated rings. The van der Waals surface area contributed by atoms with Gasteiger partial charge in [-0.3, -0.25) is 4.79 Å². The van der Waals surface area contributed by atoms with Gasteiger partial charge in [-0.1, -0.05) is 17.7 Å². The highest BCUT2D eigenvalue weighted by atomic mass is 16.1. The summed E-state index contributed by atoms with van der Waals surface area (Å²) in [7, 11) is 0. The number of nitrogen functional groups attached to an aromatic ring is 1. The third-order valence-corrected chi connectivity index (χ3v) is 5.25. The summed E-state index contributed by atoms with van der Waals surface area (Å²) in [5.74, 6) is 0.745. The van der Waals surface area contributed by atoms with Crippen LogP contribution in [0.3, 0.4) is 0 Å². The molecule has 8 heteroatoms. The molecule has 4 aromatic rings. The largest absolute Gasteiger partial charge is 0.387 e. The molecule has 2 heterocycles. The van der Waals surface area contributed by atoms with E-state index in [1.807, 2.05) is 37.3 Å². The number of aryl methyl sites for hydroxylation is 1. The number of hydrogen-bond acceptors (Lipinski definition) is 5. The van der Waals surface area contributed by atoms with Crippen LogP contribution in [0.2, 0.25) is 0 Å². The molecule has 4 N–H and O–H groups in total. The molecule has 0 saturated carbocycles. The fourth-order valence-electron chi connectivity index (χ4n) is 3.86. The van der Waals surface area contributed by atoms with Crippen LogP contribution in [0.5, 0.6) is 0 Å². The minimum atomic E-state index is -0.391. The molecule has 33 heavy (non-hydrogen) atoms. The van der Waals surface area contributed by atoms with Crippen molar-refractivity contribution < 1.29 is 4.79 Å². The van der Waals surface area contributed by atoms with Crippen LogP contribution >= 0.6 is 0 Å². The van der Waals surface area contributed by atoms with E-state index in [1.54, 1.807) is 25.4 Å². The minimum absolute atomic E-state index is 0.214. The van der Waals surface area contributed by atoms with E-state index in [9.17, 15) is 4.79 Å². The van der Waals surface area contributed by atoms with Gasteiger partial charge in [-0.05, 0) is 64.4 Å². The lowest BCUT2D eigenvalue weighted by atomic mass is 10.0. The van der Waals surface area contributed by atoms with Crippen molar-refractivity contribution >= 4 is 28.7 Å². The number of amides is 1. The number of fused-ring (bicyclic) bond motifs is 1. The highest BCUT2D eigenvalue weighted by molar-refractivity contribution is 6.06. The number of aromatic nitrogens is 4.